The van der Waals surface area contributed by atoms with Crippen LogP contribution in [0.15, 0.2) is 62.7 Å². The summed E-state index contributed by atoms with van der Waals surface area (Å²) in [4.78, 5) is 41.9. The monoisotopic (exact) mass is 410 g/mol. The fraction of sp³-hybridized carbons (Fsp3) is 0.286. The number of nitrogens with two attached hydrogens (primary N) is 1. The molecule has 0 spiro atoms. The van der Waals surface area contributed by atoms with Crippen molar-refractivity contribution in [3.8, 4) is 0 Å². The van der Waals surface area contributed by atoms with Crippen LogP contribution in [0.25, 0.3) is 0 Å². The lowest BCUT2D eigenvalue weighted by Crippen LogP contribution is -2.44. The van der Waals surface area contributed by atoms with Crippen molar-refractivity contribution >= 4 is 17.4 Å². The predicted octanol–water partition coefficient (Wildman–Crippen LogP) is 1.47. The van der Waals surface area contributed by atoms with Crippen molar-refractivity contribution in [2.75, 3.05) is 17.2 Å². The zero-order chi connectivity index (χ0) is 21.1. The summed E-state index contributed by atoms with van der Waals surface area (Å²) >= 11 is 0. The maximum absolute atomic E-state index is 13.2. The van der Waals surface area contributed by atoms with Crippen LogP contribution in [0.1, 0.15) is 24.2 Å². The zero-order valence-corrected chi connectivity index (χ0v) is 16.2. The Labute approximate surface area is 171 Å². The molecule has 3 N–H and O–H groups in total. The lowest BCUT2D eigenvalue weighted by atomic mass is 10.2. The van der Waals surface area contributed by atoms with E-state index in [2.05, 4.69) is 4.98 Å². The van der Waals surface area contributed by atoms with Crippen molar-refractivity contribution in [1.82, 2.24) is 9.55 Å². The number of rotatable bonds is 6. The Morgan fingerprint density at radius 3 is 2.67 bits per heavy atom. The molecule has 4 rings (SSSR count). The van der Waals surface area contributed by atoms with E-state index >= 15 is 0 Å². The lowest BCUT2D eigenvalue weighted by molar-refractivity contribution is -0.127. The molecule has 1 aromatic carbocycles. The first-order valence-corrected chi connectivity index (χ1v) is 9.66. The molecular formula is C21H22N4O5. The van der Waals surface area contributed by atoms with E-state index in [0.717, 1.165) is 12.0 Å². The van der Waals surface area contributed by atoms with Crippen molar-refractivity contribution in [3.05, 3.63) is 80.9 Å². The number of carbonyl (C=O) groups excluding carboxylic acids is 1. The van der Waals surface area contributed by atoms with Crippen LogP contribution < -0.4 is 21.9 Å². The van der Waals surface area contributed by atoms with Crippen LogP contribution in [-0.2, 0) is 22.6 Å². The van der Waals surface area contributed by atoms with Gasteiger partial charge in [-0.25, -0.2) is 4.79 Å². The van der Waals surface area contributed by atoms with Gasteiger partial charge in [-0.15, -0.1) is 0 Å². The summed E-state index contributed by atoms with van der Waals surface area (Å²) in [6.45, 7) is 0.616. The summed E-state index contributed by atoms with van der Waals surface area (Å²) in [5.41, 5.74) is 5.63. The molecule has 2 aromatic heterocycles. The first kappa shape index (κ1) is 19.7. The average molecular weight is 410 g/mol. The van der Waals surface area contributed by atoms with Crippen molar-refractivity contribution in [2.45, 2.75) is 32.0 Å². The van der Waals surface area contributed by atoms with Crippen LogP contribution >= 0.6 is 0 Å². The Morgan fingerprint density at radius 1 is 1.20 bits per heavy atom. The molecule has 1 atom stereocenters. The third-order valence-corrected chi connectivity index (χ3v) is 5.03. The molecule has 30 heavy (non-hydrogen) atoms. The number of aromatic amines is 1. The number of benzene rings is 1. The van der Waals surface area contributed by atoms with Gasteiger partial charge in [-0.05, 0) is 30.5 Å². The maximum Gasteiger partial charge on any atom is 0.330 e. The van der Waals surface area contributed by atoms with E-state index in [-0.39, 0.29) is 24.6 Å². The average Bonchev–Trinajstić information content (AvgIpc) is 3.45. The largest absolute Gasteiger partial charge is 0.467 e. The van der Waals surface area contributed by atoms with Crippen LogP contribution in [0.4, 0.5) is 11.5 Å². The molecule has 1 aliphatic heterocycles. The van der Waals surface area contributed by atoms with Gasteiger partial charge in [0.05, 0.1) is 19.4 Å². The van der Waals surface area contributed by atoms with Gasteiger partial charge in [0.1, 0.15) is 17.7 Å². The molecule has 1 saturated heterocycles. The molecule has 0 radical (unpaired) electrons. The number of anilines is 2. The van der Waals surface area contributed by atoms with Gasteiger partial charge >= 0.3 is 5.69 Å². The molecule has 0 bridgehead atoms. The van der Waals surface area contributed by atoms with E-state index in [1.54, 1.807) is 12.1 Å². The minimum atomic E-state index is -0.736. The quantitative estimate of drug-likeness (QED) is 0.634. The maximum atomic E-state index is 13.2. The molecule has 9 heteroatoms. The molecule has 1 fully saturated rings. The summed E-state index contributed by atoms with van der Waals surface area (Å²) < 4.78 is 12.1. The number of hydrogen-bond acceptors (Lipinski definition) is 6. The number of carbonyl (C=O) groups is 1. The number of nitrogens with one attached hydrogen (secondary N) is 1. The molecule has 1 aliphatic rings. The highest BCUT2D eigenvalue weighted by atomic mass is 16.5. The second-order valence-corrected chi connectivity index (χ2v) is 7.07. The molecule has 3 aromatic rings. The Hall–Kier alpha value is -3.59. The second kappa shape index (κ2) is 8.42. The van der Waals surface area contributed by atoms with Crippen molar-refractivity contribution in [1.29, 1.82) is 0 Å². The van der Waals surface area contributed by atoms with E-state index < -0.39 is 23.3 Å². The van der Waals surface area contributed by atoms with Gasteiger partial charge < -0.3 is 14.9 Å². The van der Waals surface area contributed by atoms with Crippen LogP contribution in [-0.4, -0.2) is 28.2 Å². The number of nitrogens with zero attached hydrogens (tertiary/aromatic N) is 2. The number of H-pyrrole nitrogens is 1. The molecule has 156 valence electrons. The lowest BCUT2D eigenvalue weighted by Gasteiger charge is -2.26. The van der Waals surface area contributed by atoms with Gasteiger partial charge in [0.2, 0.25) is 0 Å². The van der Waals surface area contributed by atoms with Gasteiger partial charge in [-0.2, -0.15) is 0 Å². The van der Waals surface area contributed by atoms with E-state index in [9.17, 15) is 14.4 Å². The fourth-order valence-corrected chi connectivity index (χ4v) is 3.53. The second-order valence-electron chi connectivity index (χ2n) is 7.07. The smallest absolute Gasteiger partial charge is 0.330 e. The molecule has 3 heterocycles. The topological polar surface area (TPSA) is 124 Å². The van der Waals surface area contributed by atoms with Crippen molar-refractivity contribution < 1.29 is 13.9 Å². The van der Waals surface area contributed by atoms with E-state index in [1.165, 1.54) is 15.7 Å². The Kier molecular flexibility index (Phi) is 5.53. The molecule has 0 saturated carbocycles. The van der Waals surface area contributed by atoms with Crippen LogP contribution in [0.5, 0.6) is 0 Å². The minimum Gasteiger partial charge on any atom is -0.467 e. The predicted molar refractivity (Wildman–Crippen MR) is 110 cm³/mol. The third kappa shape index (κ3) is 3.92. The number of ether oxygens (including phenoxy) is 1. The Bertz CT molecular complexity index is 1130. The first-order valence-electron chi connectivity index (χ1n) is 9.66. The first-order chi connectivity index (χ1) is 14.5. The molecule has 0 unspecified atom stereocenters. The van der Waals surface area contributed by atoms with E-state index in [0.29, 0.717) is 18.8 Å². The van der Waals surface area contributed by atoms with Gasteiger partial charge in [-0.3, -0.25) is 24.0 Å². The van der Waals surface area contributed by atoms with E-state index in [1.807, 2.05) is 30.3 Å². The fourth-order valence-electron chi connectivity index (χ4n) is 3.53. The third-order valence-electron chi connectivity index (χ3n) is 5.03. The molecule has 0 aliphatic carbocycles. The van der Waals surface area contributed by atoms with Crippen LogP contribution in [0, 0.1) is 0 Å². The summed E-state index contributed by atoms with van der Waals surface area (Å²) in [7, 11) is 0. The van der Waals surface area contributed by atoms with Gasteiger partial charge in [0, 0.05) is 6.61 Å². The summed E-state index contributed by atoms with van der Waals surface area (Å²) in [5.74, 6) is -0.0162. The highest BCUT2D eigenvalue weighted by Crippen LogP contribution is 2.24. The van der Waals surface area contributed by atoms with E-state index in [4.69, 9.17) is 14.9 Å². The number of amides is 1. The van der Waals surface area contributed by atoms with Crippen LogP contribution in [0.2, 0.25) is 0 Å². The number of aromatic nitrogens is 2. The summed E-state index contributed by atoms with van der Waals surface area (Å²) in [6.07, 6.45) is 2.11. The number of hydrogen-bond donors (Lipinski definition) is 2. The highest BCUT2D eigenvalue weighted by Gasteiger charge is 2.33. The SMILES string of the molecule is Nc1c(N(Cc2ccco2)C(=O)[C@H]2CCCO2)c(=O)[nH]c(=O)n1Cc1ccccc1. The molecular weight excluding hydrogens is 388 g/mol. The van der Waals surface area contributed by atoms with Crippen LogP contribution in [0.3, 0.4) is 0 Å². The number of furan rings is 1. The van der Waals surface area contributed by atoms with Gasteiger partial charge in [0.15, 0.2) is 5.69 Å². The van der Waals surface area contributed by atoms with Gasteiger partial charge in [0.25, 0.3) is 11.5 Å². The van der Waals surface area contributed by atoms with Crippen molar-refractivity contribution in [2.24, 2.45) is 0 Å². The molecule has 1 amide bonds. The highest BCUT2D eigenvalue weighted by molar-refractivity contribution is 5.98. The van der Waals surface area contributed by atoms with Crippen molar-refractivity contribution in [3.63, 3.8) is 0 Å². The van der Waals surface area contributed by atoms with Gasteiger partial charge in [-0.1, -0.05) is 30.3 Å². The number of nitrogen functional groups attached to an aromatic ring is 1. The summed E-state index contributed by atoms with van der Waals surface area (Å²) in [6, 6.07) is 12.6. The summed E-state index contributed by atoms with van der Waals surface area (Å²) in [5, 5.41) is 0. The molecule has 9 nitrogen and oxygen atoms in total. The zero-order valence-electron chi connectivity index (χ0n) is 16.2. The standard InChI is InChI=1S/C21H22N4O5/c22-18-17(19(26)23-21(28)25(18)12-14-6-2-1-3-7-14)24(13-15-8-4-10-29-15)20(27)16-9-5-11-30-16/h1-4,6-8,10,16H,5,9,11-13,22H2,(H,23,26,28)/t16-/m1/s1. The Morgan fingerprint density at radius 2 is 2.00 bits per heavy atom. The minimum absolute atomic E-state index is 0.0114. The normalized spacial score (nSPS) is 15.9. The Balaban J connectivity index is 1.79.